The van der Waals surface area contributed by atoms with Crippen molar-refractivity contribution < 1.29 is 31.9 Å². The highest BCUT2D eigenvalue weighted by Gasteiger charge is 2.32. The van der Waals surface area contributed by atoms with Gasteiger partial charge in [0, 0.05) is 25.2 Å². The number of hydrogen-bond acceptors (Lipinski definition) is 7. The highest BCUT2D eigenvalue weighted by molar-refractivity contribution is 7.89. The number of sulfonamides is 1. The van der Waals surface area contributed by atoms with Gasteiger partial charge < -0.3 is 24.1 Å². The van der Waals surface area contributed by atoms with E-state index in [-0.39, 0.29) is 29.8 Å². The molecule has 0 spiro atoms. The summed E-state index contributed by atoms with van der Waals surface area (Å²) in [4.78, 5) is 26.7. The van der Waals surface area contributed by atoms with E-state index in [0.717, 1.165) is 5.56 Å². The zero-order valence-electron chi connectivity index (χ0n) is 23.5. The second-order valence-corrected chi connectivity index (χ2v) is 11.2. The first-order valence-electron chi connectivity index (χ1n) is 13.0. The zero-order chi connectivity index (χ0) is 29.3. The van der Waals surface area contributed by atoms with Gasteiger partial charge >= 0.3 is 0 Å². The molecular formula is C29H37N3O7S. The molecule has 3 rings (SSSR count). The molecule has 0 saturated heterocycles. The standard InChI is InChI=1S/C29H37N3O7S/c1-6-21(2)32(40(35,36)26-12-10-24(11-13-26)30-22(3)33)20-29(34)31(19-25-8-7-17-39-25)16-15-23-9-14-27(37-4)28(18-23)38-5/h7-14,17-18,21H,6,15-16,19-20H2,1-5H3,(H,30,33)/t21-/m0/s1. The number of carbonyl (C=O) groups excluding carboxylic acids is 2. The molecule has 0 fully saturated rings. The summed E-state index contributed by atoms with van der Waals surface area (Å²) in [5, 5.41) is 2.62. The van der Waals surface area contributed by atoms with E-state index in [0.29, 0.717) is 42.3 Å². The summed E-state index contributed by atoms with van der Waals surface area (Å²) in [5.41, 5.74) is 1.41. The summed E-state index contributed by atoms with van der Waals surface area (Å²) in [6.07, 6.45) is 2.56. The Morgan fingerprint density at radius 2 is 1.73 bits per heavy atom. The fourth-order valence-electron chi connectivity index (χ4n) is 4.15. The first kappa shape index (κ1) is 30.7. The van der Waals surface area contributed by atoms with Crippen LogP contribution >= 0.6 is 0 Å². The monoisotopic (exact) mass is 571 g/mol. The molecule has 1 aromatic heterocycles. The molecule has 0 aliphatic carbocycles. The Balaban J connectivity index is 1.84. The van der Waals surface area contributed by atoms with Crippen LogP contribution in [0.1, 0.15) is 38.5 Å². The minimum absolute atomic E-state index is 0.0395. The third-order valence-corrected chi connectivity index (χ3v) is 8.53. The van der Waals surface area contributed by atoms with E-state index in [1.54, 1.807) is 44.2 Å². The van der Waals surface area contributed by atoms with Crippen LogP contribution in [0.2, 0.25) is 0 Å². The molecule has 2 amide bonds. The smallest absolute Gasteiger partial charge is 0.243 e. The van der Waals surface area contributed by atoms with Crippen molar-refractivity contribution in [1.29, 1.82) is 0 Å². The van der Waals surface area contributed by atoms with E-state index >= 15 is 0 Å². The van der Waals surface area contributed by atoms with Crippen molar-refractivity contribution in [3.63, 3.8) is 0 Å². The van der Waals surface area contributed by atoms with E-state index in [4.69, 9.17) is 13.9 Å². The van der Waals surface area contributed by atoms with Gasteiger partial charge in [-0.1, -0.05) is 13.0 Å². The largest absolute Gasteiger partial charge is 0.493 e. The number of nitrogens with one attached hydrogen (secondary N) is 1. The number of anilines is 1. The molecule has 11 heteroatoms. The molecule has 10 nitrogen and oxygen atoms in total. The number of rotatable bonds is 14. The van der Waals surface area contributed by atoms with E-state index in [1.165, 1.54) is 41.8 Å². The van der Waals surface area contributed by atoms with Crippen LogP contribution in [0, 0.1) is 0 Å². The van der Waals surface area contributed by atoms with E-state index in [2.05, 4.69) is 5.32 Å². The molecule has 0 radical (unpaired) electrons. The zero-order valence-corrected chi connectivity index (χ0v) is 24.4. The number of furan rings is 1. The van der Waals surface area contributed by atoms with Gasteiger partial charge in [-0.3, -0.25) is 9.59 Å². The quantitative estimate of drug-likeness (QED) is 0.306. The molecular weight excluding hydrogens is 534 g/mol. The van der Waals surface area contributed by atoms with Crippen LogP contribution in [0.5, 0.6) is 11.5 Å². The Morgan fingerprint density at radius 1 is 1.02 bits per heavy atom. The maximum absolute atomic E-state index is 13.7. The average molecular weight is 572 g/mol. The van der Waals surface area contributed by atoms with Crippen molar-refractivity contribution >= 4 is 27.5 Å². The Morgan fingerprint density at radius 3 is 2.30 bits per heavy atom. The van der Waals surface area contributed by atoms with Crippen LogP contribution in [0.3, 0.4) is 0 Å². The second kappa shape index (κ2) is 14.0. The number of benzene rings is 2. The lowest BCUT2D eigenvalue weighted by Crippen LogP contribution is -2.46. The van der Waals surface area contributed by atoms with Crippen molar-refractivity contribution in [2.24, 2.45) is 0 Å². The summed E-state index contributed by atoms with van der Waals surface area (Å²) in [7, 11) is -0.886. The highest BCUT2D eigenvalue weighted by atomic mass is 32.2. The van der Waals surface area contributed by atoms with E-state index in [9.17, 15) is 18.0 Å². The van der Waals surface area contributed by atoms with Crippen LogP contribution in [-0.4, -0.2) is 62.8 Å². The van der Waals surface area contributed by atoms with Gasteiger partial charge in [0.1, 0.15) is 5.76 Å². The molecule has 0 unspecified atom stereocenters. The molecule has 3 aromatic rings. The third-order valence-electron chi connectivity index (χ3n) is 6.55. The first-order valence-corrected chi connectivity index (χ1v) is 14.4. The molecule has 2 aromatic carbocycles. The summed E-state index contributed by atoms with van der Waals surface area (Å²) in [6.45, 7) is 5.21. The van der Waals surface area contributed by atoms with Crippen molar-refractivity contribution in [3.8, 4) is 11.5 Å². The van der Waals surface area contributed by atoms with Crippen molar-refractivity contribution in [2.45, 2.75) is 51.1 Å². The predicted molar refractivity (Wildman–Crippen MR) is 152 cm³/mol. The SMILES string of the molecule is CC[C@H](C)N(CC(=O)N(CCc1ccc(OC)c(OC)c1)Cc1ccco1)S(=O)(=O)c1ccc(NC(C)=O)cc1. The lowest BCUT2D eigenvalue weighted by atomic mass is 10.1. The van der Waals surface area contributed by atoms with Gasteiger partial charge in [-0.15, -0.1) is 0 Å². The fourth-order valence-corrected chi connectivity index (χ4v) is 5.80. The average Bonchev–Trinajstić information content (AvgIpc) is 3.46. The number of amides is 2. The maximum atomic E-state index is 13.7. The van der Waals surface area contributed by atoms with Crippen molar-refractivity contribution in [3.05, 3.63) is 72.2 Å². The van der Waals surface area contributed by atoms with Crippen LogP contribution in [0.4, 0.5) is 5.69 Å². The van der Waals surface area contributed by atoms with Crippen molar-refractivity contribution in [1.82, 2.24) is 9.21 Å². The van der Waals surface area contributed by atoms with Crippen LogP contribution in [0.15, 0.2) is 70.2 Å². The Hall–Kier alpha value is -3.83. The third kappa shape index (κ3) is 7.86. The molecule has 216 valence electrons. The molecule has 1 N–H and O–H groups in total. The number of hydrogen-bond donors (Lipinski definition) is 1. The number of carbonyl (C=O) groups is 2. The topological polar surface area (TPSA) is 118 Å². The predicted octanol–water partition coefficient (Wildman–Crippen LogP) is 4.32. The van der Waals surface area contributed by atoms with Crippen molar-refractivity contribution in [2.75, 3.05) is 32.6 Å². The molecule has 1 atom stereocenters. The summed E-state index contributed by atoms with van der Waals surface area (Å²) >= 11 is 0. The second-order valence-electron chi connectivity index (χ2n) is 9.35. The van der Waals surface area contributed by atoms with Crippen LogP contribution in [0.25, 0.3) is 0 Å². The number of nitrogens with zero attached hydrogens (tertiary/aromatic N) is 2. The Kier molecular flexibility index (Phi) is 10.7. The summed E-state index contributed by atoms with van der Waals surface area (Å²) in [6, 6.07) is 14.6. The first-order chi connectivity index (χ1) is 19.1. The minimum atomic E-state index is -4.01. The molecule has 40 heavy (non-hydrogen) atoms. The molecule has 0 bridgehead atoms. The Labute approximate surface area is 235 Å². The lowest BCUT2D eigenvalue weighted by Gasteiger charge is -2.30. The van der Waals surface area contributed by atoms with Gasteiger partial charge in [0.25, 0.3) is 0 Å². The fraction of sp³-hybridized carbons (Fsp3) is 0.379. The van der Waals surface area contributed by atoms with Gasteiger partial charge in [0.2, 0.25) is 21.8 Å². The van der Waals surface area contributed by atoms with Crippen LogP contribution in [-0.2, 0) is 32.6 Å². The number of methoxy groups -OCH3 is 2. The van der Waals surface area contributed by atoms with Crippen LogP contribution < -0.4 is 14.8 Å². The molecule has 0 saturated carbocycles. The van der Waals surface area contributed by atoms with Gasteiger partial charge in [0.15, 0.2) is 11.5 Å². The normalized spacial score (nSPS) is 12.2. The van der Waals surface area contributed by atoms with Gasteiger partial charge in [-0.05, 0) is 73.9 Å². The number of ether oxygens (including phenoxy) is 2. The van der Waals surface area contributed by atoms with Gasteiger partial charge in [-0.2, -0.15) is 4.31 Å². The summed E-state index contributed by atoms with van der Waals surface area (Å²) < 4.78 is 44.8. The molecule has 1 heterocycles. The molecule has 0 aliphatic heterocycles. The van der Waals surface area contributed by atoms with E-state index < -0.39 is 16.1 Å². The van der Waals surface area contributed by atoms with Gasteiger partial charge in [-0.25, -0.2) is 8.42 Å². The highest BCUT2D eigenvalue weighted by Crippen LogP contribution is 2.28. The Bertz CT molecular complexity index is 1370. The maximum Gasteiger partial charge on any atom is 0.243 e. The lowest BCUT2D eigenvalue weighted by molar-refractivity contribution is -0.132. The summed E-state index contributed by atoms with van der Waals surface area (Å²) in [5.74, 6) is 1.17. The van der Waals surface area contributed by atoms with Gasteiger partial charge in [0.05, 0.1) is 38.5 Å². The molecule has 0 aliphatic rings. The van der Waals surface area contributed by atoms with E-state index in [1.807, 2.05) is 19.1 Å². The minimum Gasteiger partial charge on any atom is -0.493 e.